The lowest BCUT2D eigenvalue weighted by Gasteiger charge is -2.38. The number of aryl methyl sites for hydroxylation is 1. The molecule has 2 rings (SSSR count). The average Bonchev–Trinajstić information content (AvgIpc) is 2.92. The summed E-state index contributed by atoms with van der Waals surface area (Å²) in [5, 5.41) is 8.27. The summed E-state index contributed by atoms with van der Waals surface area (Å²) in [7, 11) is 1.94. The maximum absolute atomic E-state index is 12.3. The molecule has 1 aliphatic heterocycles. The highest BCUT2D eigenvalue weighted by Gasteiger charge is 2.33. The minimum Gasteiger partial charge on any atom is -0.338 e. The van der Waals surface area contributed by atoms with Gasteiger partial charge in [0.25, 0.3) is 0 Å². The number of nitrogens with zero attached hydrogens (tertiary/aromatic N) is 3. The maximum atomic E-state index is 12.3. The lowest BCUT2D eigenvalue weighted by atomic mass is 10.1. The number of carbonyl (C=O) groups is 2. The Morgan fingerprint density at radius 2 is 2.32 bits per heavy atom. The fourth-order valence-electron chi connectivity index (χ4n) is 2.69. The first-order valence-corrected chi connectivity index (χ1v) is 7.57. The standard InChI is InChI=1S/C14H24N6O2/c1-4-16-14(22)18-13(21)10(2)20-8-5-15-9-11(20)12-17-6-7-19(12)3/h6-7,10-11,15H,4-5,8-9H2,1-3H3,(H2,16,18,21,22). The van der Waals surface area contributed by atoms with E-state index in [0.29, 0.717) is 6.54 Å². The molecule has 122 valence electrons. The van der Waals surface area contributed by atoms with Crippen molar-refractivity contribution >= 4 is 11.9 Å². The van der Waals surface area contributed by atoms with Gasteiger partial charge in [0.1, 0.15) is 5.82 Å². The summed E-state index contributed by atoms with van der Waals surface area (Å²) in [5.41, 5.74) is 0. The van der Waals surface area contributed by atoms with E-state index in [9.17, 15) is 9.59 Å². The largest absolute Gasteiger partial charge is 0.338 e. The average molecular weight is 308 g/mol. The molecule has 1 saturated heterocycles. The summed E-state index contributed by atoms with van der Waals surface area (Å²) in [5.74, 6) is 0.608. The normalized spacial score (nSPS) is 20.4. The summed E-state index contributed by atoms with van der Waals surface area (Å²) in [4.78, 5) is 30.2. The molecule has 1 aliphatic rings. The number of piperazine rings is 1. The van der Waals surface area contributed by atoms with Crippen LogP contribution in [0.15, 0.2) is 12.4 Å². The Labute approximate surface area is 130 Å². The second-order valence-corrected chi connectivity index (χ2v) is 5.38. The molecule has 3 N–H and O–H groups in total. The van der Waals surface area contributed by atoms with Crippen LogP contribution in [0.2, 0.25) is 0 Å². The summed E-state index contributed by atoms with van der Waals surface area (Å²) in [6, 6.07) is -0.863. The van der Waals surface area contributed by atoms with Gasteiger partial charge in [0.15, 0.2) is 0 Å². The van der Waals surface area contributed by atoms with Gasteiger partial charge >= 0.3 is 6.03 Å². The van der Waals surface area contributed by atoms with Crippen molar-refractivity contribution in [3.8, 4) is 0 Å². The molecule has 1 aromatic rings. The number of aromatic nitrogens is 2. The van der Waals surface area contributed by atoms with E-state index in [0.717, 1.165) is 25.5 Å². The van der Waals surface area contributed by atoms with Crippen LogP contribution < -0.4 is 16.0 Å². The van der Waals surface area contributed by atoms with Crippen LogP contribution in [0.25, 0.3) is 0 Å². The molecule has 2 unspecified atom stereocenters. The highest BCUT2D eigenvalue weighted by molar-refractivity contribution is 5.96. The molecule has 22 heavy (non-hydrogen) atoms. The van der Waals surface area contributed by atoms with Crippen molar-refractivity contribution in [2.75, 3.05) is 26.2 Å². The monoisotopic (exact) mass is 308 g/mol. The zero-order valence-electron chi connectivity index (χ0n) is 13.3. The molecule has 1 fully saturated rings. The third-order valence-electron chi connectivity index (χ3n) is 3.89. The second-order valence-electron chi connectivity index (χ2n) is 5.38. The number of carbonyl (C=O) groups excluding carboxylic acids is 2. The van der Waals surface area contributed by atoms with Crippen molar-refractivity contribution in [2.24, 2.45) is 7.05 Å². The lowest BCUT2D eigenvalue weighted by molar-refractivity contribution is -0.126. The van der Waals surface area contributed by atoms with Crippen molar-refractivity contribution in [2.45, 2.75) is 25.9 Å². The van der Waals surface area contributed by atoms with Gasteiger partial charge in [0.2, 0.25) is 5.91 Å². The van der Waals surface area contributed by atoms with Crippen molar-refractivity contribution < 1.29 is 9.59 Å². The fourth-order valence-corrected chi connectivity index (χ4v) is 2.69. The Bertz CT molecular complexity index is 529. The minimum atomic E-state index is -0.456. The van der Waals surface area contributed by atoms with Gasteiger partial charge in [0.05, 0.1) is 12.1 Å². The van der Waals surface area contributed by atoms with Crippen LogP contribution in [-0.2, 0) is 11.8 Å². The quantitative estimate of drug-likeness (QED) is 0.704. The minimum absolute atomic E-state index is 0.00346. The zero-order chi connectivity index (χ0) is 16.1. The lowest BCUT2D eigenvalue weighted by Crippen LogP contribution is -2.56. The smallest absolute Gasteiger partial charge is 0.321 e. The van der Waals surface area contributed by atoms with Crippen LogP contribution in [-0.4, -0.2) is 58.6 Å². The van der Waals surface area contributed by atoms with Crippen LogP contribution in [0.3, 0.4) is 0 Å². The SMILES string of the molecule is CCNC(=O)NC(=O)C(C)N1CCNCC1c1nccn1C. The molecule has 8 nitrogen and oxygen atoms in total. The summed E-state index contributed by atoms with van der Waals surface area (Å²) in [6.07, 6.45) is 3.64. The van der Waals surface area contributed by atoms with Crippen LogP contribution in [0.1, 0.15) is 25.7 Å². The number of hydrogen-bond donors (Lipinski definition) is 3. The Kier molecular flexibility index (Phi) is 5.51. The highest BCUT2D eigenvalue weighted by atomic mass is 16.2. The van der Waals surface area contributed by atoms with Crippen molar-refractivity contribution in [3.05, 3.63) is 18.2 Å². The van der Waals surface area contributed by atoms with Crippen LogP contribution >= 0.6 is 0 Å². The van der Waals surface area contributed by atoms with Gasteiger partial charge in [-0.1, -0.05) is 0 Å². The second kappa shape index (κ2) is 7.37. The molecule has 0 aromatic carbocycles. The Balaban J connectivity index is 2.08. The Hall–Kier alpha value is -1.93. The van der Waals surface area contributed by atoms with Crippen LogP contribution in [0, 0.1) is 0 Å². The van der Waals surface area contributed by atoms with E-state index in [4.69, 9.17) is 0 Å². The topological polar surface area (TPSA) is 91.3 Å². The van der Waals surface area contributed by atoms with Gasteiger partial charge < -0.3 is 15.2 Å². The summed E-state index contributed by atoms with van der Waals surface area (Å²) >= 11 is 0. The number of imidazole rings is 1. The van der Waals surface area contributed by atoms with Gasteiger partial charge in [-0.25, -0.2) is 9.78 Å². The van der Waals surface area contributed by atoms with E-state index in [1.807, 2.05) is 24.7 Å². The fraction of sp³-hybridized carbons (Fsp3) is 0.643. The number of urea groups is 1. The van der Waals surface area contributed by atoms with E-state index in [1.54, 1.807) is 13.1 Å². The van der Waals surface area contributed by atoms with Crippen molar-refractivity contribution in [3.63, 3.8) is 0 Å². The predicted molar refractivity (Wildman–Crippen MR) is 82.2 cm³/mol. The van der Waals surface area contributed by atoms with Crippen LogP contribution in [0.5, 0.6) is 0 Å². The molecule has 0 radical (unpaired) electrons. The molecule has 3 amide bonds. The maximum Gasteiger partial charge on any atom is 0.321 e. The predicted octanol–water partition coefficient (Wildman–Crippen LogP) is -0.399. The molecule has 0 aliphatic carbocycles. The van der Waals surface area contributed by atoms with E-state index in [-0.39, 0.29) is 11.9 Å². The first kappa shape index (κ1) is 16.4. The molecular weight excluding hydrogens is 284 g/mol. The number of nitrogens with one attached hydrogen (secondary N) is 3. The van der Waals surface area contributed by atoms with Crippen molar-refractivity contribution in [1.29, 1.82) is 0 Å². The van der Waals surface area contributed by atoms with E-state index < -0.39 is 12.1 Å². The van der Waals surface area contributed by atoms with Crippen LogP contribution in [0.4, 0.5) is 4.79 Å². The molecule has 2 atom stereocenters. The number of amides is 3. The van der Waals surface area contributed by atoms with E-state index in [1.165, 1.54) is 0 Å². The number of imide groups is 1. The van der Waals surface area contributed by atoms with Gasteiger partial charge in [-0.2, -0.15) is 0 Å². The van der Waals surface area contributed by atoms with Gasteiger partial charge in [0, 0.05) is 45.6 Å². The number of hydrogen-bond acceptors (Lipinski definition) is 5. The molecule has 0 spiro atoms. The summed E-state index contributed by atoms with van der Waals surface area (Å²) < 4.78 is 1.96. The van der Waals surface area contributed by atoms with Gasteiger partial charge in [-0.05, 0) is 13.8 Å². The Morgan fingerprint density at radius 1 is 1.55 bits per heavy atom. The van der Waals surface area contributed by atoms with Gasteiger partial charge in [-0.15, -0.1) is 0 Å². The van der Waals surface area contributed by atoms with E-state index >= 15 is 0 Å². The third kappa shape index (κ3) is 3.63. The molecular formula is C14H24N6O2. The molecule has 0 bridgehead atoms. The molecule has 1 aromatic heterocycles. The first-order valence-electron chi connectivity index (χ1n) is 7.57. The third-order valence-corrected chi connectivity index (χ3v) is 3.89. The first-order chi connectivity index (χ1) is 10.5. The Morgan fingerprint density at radius 3 is 2.95 bits per heavy atom. The van der Waals surface area contributed by atoms with Gasteiger partial charge in [-0.3, -0.25) is 15.0 Å². The molecule has 8 heteroatoms. The zero-order valence-corrected chi connectivity index (χ0v) is 13.3. The number of rotatable bonds is 4. The summed E-state index contributed by atoms with van der Waals surface area (Å²) in [6.45, 7) is 6.36. The van der Waals surface area contributed by atoms with E-state index in [2.05, 4.69) is 25.8 Å². The molecule has 2 heterocycles. The highest BCUT2D eigenvalue weighted by Crippen LogP contribution is 2.22. The molecule has 0 saturated carbocycles. The van der Waals surface area contributed by atoms with Crippen molar-refractivity contribution in [1.82, 2.24) is 30.4 Å².